The van der Waals surface area contributed by atoms with E-state index >= 15 is 0 Å². The van der Waals surface area contributed by atoms with Gasteiger partial charge in [0, 0.05) is 22.0 Å². The third-order valence-electron chi connectivity index (χ3n) is 8.16. The Kier molecular flexibility index (Phi) is 7.32. The van der Waals surface area contributed by atoms with E-state index < -0.39 is 0 Å². The molecule has 6 aromatic carbocycles. The molecule has 0 radical (unpaired) electrons. The molecule has 7 aromatic rings. The van der Waals surface area contributed by atoms with Gasteiger partial charge in [-0.2, -0.15) is 0 Å². The molecule has 1 heterocycles. The SMILES string of the molecule is C=C(N=C(/C=C(\C)c1ccc(-n2c3ccccc3c3ccccc32)cc1)c1ccc(-c2ccccc2)cc1)c1ccccc1. The molecule has 0 atom stereocenters. The summed E-state index contributed by atoms with van der Waals surface area (Å²) in [4.78, 5) is 5.05. The van der Waals surface area contributed by atoms with Gasteiger partial charge in [0.15, 0.2) is 0 Å². The van der Waals surface area contributed by atoms with Crippen LogP contribution in [0.3, 0.4) is 0 Å². The Morgan fingerprint density at radius 3 is 1.64 bits per heavy atom. The van der Waals surface area contributed by atoms with E-state index in [1.54, 1.807) is 0 Å². The lowest BCUT2D eigenvalue weighted by Gasteiger charge is -2.11. The second-order valence-electron chi connectivity index (χ2n) is 11.0. The van der Waals surface area contributed by atoms with Crippen LogP contribution in [0, 0.1) is 0 Å². The van der Waals surface area contributed by atoms with Crippen LogP contribution in [-0.2, 0) is 0 Å². The highest BCUT2D eigenvalue weighted by Gasteiger charge is 2.12. The predicted molar refractivity (Wildman–Crippen MR) is 188 cm³/mol. The molecule has 44 heavy (non-hydrogen) atoms. The first-order chi connectivity index (χ1) is 21.7. The van der Waals surface area contributed by atoms with Crippen molar-refractivity contribution >= 4 is 38.8 Å². The molecule has 7 rings (SSSR count). The molecule has 1 aromatic heterocycles. The average molecular weight is 565 g/mol. The van der Waals surface area contributed by atoms with Gasteiger partial charge in [-0.05, 0) is 65.1 Å². The number of aliphatic imine (C=N–C) groups is 1. The number of aromatic nitrogens is 1. The summed E-state index contributed by atoms with van der Waals surface area (Å²) >= 11 is 0. The van der Waals surface area contributed by atoms with Gasteiger partial charge in [-0.25, -0.2) is 4.99 Å². The van der Waals surface area contributed by atoms with Gasteiger partial charge in [0.1, 0.15) is 0 Å². The van der Waals surface area contributed by atoms with E-state index in [-0.39, 0.29) is 0 Å². The highest BCUT2D eigenvalue weighted by atomic mass is 15.0. The largest absolute Gasteiger partial charge is 0.309 e. The number of allylic oxidation sites excluding steroid dienone is 2. The first-order valence-corrected chi connectivity index (χ1v) is 14.9. The molecular formula is C42H32N2. The Balaban J connectivity index is 1.26. The first kappa shape index (κ1) is 27.1. The molecule has 0 bridgehead atoms. The first-order valence-electron chi connectivity index (χ1n) is 14.9. The topological polar surface area (TPSA) is 17.3 Å². The molecular weight excluding hydrogens is 532 g/mol. The van der Waals surface area contributed by atoms with Gasteiger partial charge < -0.3 is 4.57 Å². The van der Waals surface area contributed by atoms with Crippen molar-refractivity contribution in [3.8, 4) is 16.8 Å². The number of fused-ring (bicyclic) bond motifs is 3. The van der Waals surface area contributed by atoms with Gasteiger partial charge in [0.05, 0.1) is 22.4 Å². The van der Waals surface area contributed by atoms with Crippen LogP contribution in [0.1, 0.15) is 23.6 Å². The number of rotatable bonds is 7. The zero-order chi connectivity index (χ0) is 29.9. The second-order valence-corrected chi connectivity index (χ2v) is 11.0. The quantitative estimate of drug-likeness (QED) is 0.171. The summed E-state index contributed by atoms with van der Waals surface area (Å²) in [6, 6.07) is 55.2. The molecule has 2 nitrogen and oxygen atoms in total. The third kappa shape index (κ3) is 5.30. The number of para-hydroxylation sites is 2. The molecule has 0 aliphatic rings. The zero-order valence-electron chi connectivity index (χ0n) is 24.7. The number of nitrogens with zero attached hydrogens (tertiary/aromatic N) is 2. The van der Waals surface area contributed by atoms with Crippen LogP contribution >= 0.6 is 0 Å². The van der Waals surface area contributed by atoms with Crippen LogP contribution in [0.25, 0.3) is 49.9 Å². The normalized spacial score (nSPS) is 12.1. The summed E-state index contributed by atoms with van der Waals surface area (Å²) in [6.45, 7) is 6.45. The van der Waals surface area contributed by atoms with E-state index in [9.17, 15) is 0 Å². The molecule has 0 aliphatic heterocycles. The van der Waals surface area contributed by atoms with Crippen LogP contribution in [-0.4, -0.2) is 10.3 Å². The van der Waals surface area contributed by atoms with Crippen molar-refractivity contribution in [3.63, 3.8) is 0 Å². The number of benzene rings is 6. The molecule has 0 aliphatic carbocycles. The number of hydrogen-bond acceptors (Lipinski definition) is 1. The number of hydrogen-bond donors (Lipinski definition) is 0. The smallest absolute Gasteiger partial charge is 0.0712 e. The van der Waals surface area contributed by atoms with Crippen molar-refractivity contribution in [3.05, 3.63) is 187 Å². The summed E-state index contributed by atoms with van der Waals surface area (Å²) < 4.78 is 2.35. The lowest BCUT2D eigenvalue weighted by atomic mass is 9.99. The van der Waals surface area contributed by atoms with Gasteiger partial charge in [-0.3, -0.25) is 0 Å². The summed E-state index contributed by atoms with van der Waals surface area (Å²) in [7, 11) is 0. The van der Waals surface area contributed by atoms with Gasteiger partial charge >= 0.3 is 0 Å². The molecule has 0 N–H and O–H groups in total. The monoisotopic (exact) mass is 564 g/mol. The fraction of sp³-hybridized carbons (Fsp3) is 0.0238. The maximum absolute atomic E-state index is 5.05. The van der Waals surface area contributed by atoms with Crippen molar-refractivity contribution in [2.24, 2.45) is 4.99 Å². The second kappa shape index (κ2) is 11.9. The van der Waals surface area contributed by atoms with Gasteiger partial charge in [0.25, 0.3) is 0 Å². The third-order valence-corrected chi connectivity index (χ3v) is 8.16. The van der Waals surface area contributed by atoms with Crippen LogP contribution in [0.2, 0.25) is 0 Å². The molecule has 0 spiro atoms. The van der Waals surface area contributed by atoms with Crippen LogP contribution in [0.15, 0.2) is 175 Å². The van der Waals surface area contributed by atoms with E-state index in [1.165, 1.54) is 32.9 Å². The lowest BCUT2D eigenvalue weighted by Crippen LogP contribution is -2.00. The van der Waals surface area contributed by atoms with E-state index in [4.69, 9.17) is 4.99 Å². The molecule has 210 valence electrons. The molecule has 0 unspecified atom stereocenters. The summed E-state index contributed by atoms with van der Waals surface area (Å²) in [6.07, 6.45) is 2.17. The molecule has 0 fully saturated rings. The highest BCUT2D eigenvalue weighted by molar-refractivity contribution is 6.14. The van der Waals surface area contributed by atoms with Crippen molar-refractivity contribution in [1.82, 2.24) is 4.57 Å². The van der Waals surface area contributed by atoms with Crippen molar-refractivity contribution in [2.45, 2.75) is 6.92 Å². The van der Waals surface area contributed by atoms with E-state index in [2.05, 4.69) is 145 Å². The Morgan fingerprint density at radius 2 is 1.02 bits per heavy atom. The zero-order valence-corrected chi connectivity index (χ0v) is 24.7. The maximum Gasteiger partial charge on any atom is 0.0712 e. The summed E-state index contributed by atoms with van der Waals surface area (Å²) in [5.74, 6) is 0. The fourth-order valence-corrected chi connectivity index (χ4v) is 5.85. The van der Waals surface area contributed by atoms with Crippen molar-refractivity contribution in [1.29, 1.82) is 0 Å². The predicted octanol–water partition coefficient (Wildman–Crippen LogP) is 11.0. The van der Waals surface area contributed by atoms with Crippen molar-refractivity contribution < 1.29 is 0 Å². The van der Waals surface area contributed by atoms with E-state index in [0.29, 0.717) is 0 Å². The van der Waals surface area contributed by atoms with Crippen molar-refractivity contribution in [2.75, 3.05) is 0 Å². The minimum Gasteiger partial charge on any atom is -0.309 e. The summed E-state index contributed by atoms with van der Waals surface area (Å²) in [5.41, 5.74) is 11.9. The van der Waals surface area contributed by atoms with Gasteiger partial charge in [-0.15, -0.1) is 0 Å². The molecule has 0 amide bonds. The molecule has 2 heteroatoms. The van der Waals surface area contributed by atoms with Crippen LogP contribution < -0.4 is 0 Å². The standard InChI is InChI=1S/C42H32N2/c1-30(32-25-27-37(28-26-32)44-41-19-11-9-17-38(41)39-18-10-12-20-42(39)44)29-40(43-31(2)33-13-5-3-6-14-33)36-23-21-35(22-24-36)34-15-7-4-8-16-34/h3-29H,2H2,1H3/b30-29+,43-40?. The Labute approximate surface area is 258 Å². The highest BCUT2D eigenvalue weighted by Crippen LogP contribution is 2.32. The van der Waals surface area contributed by atoms with Gasteiger partial charge in [0.2, 0.25) is 0 Å². The fourth-order valence-electron chi connectivity index (χ4n) is 5.85. The molecule has 0 saturated carbocycles. The molecule has 0 saturated heterocycles. The van der Waals surface area contributed by atoms with Crippen LogP contribution in [0.5, 0.6) is 0 Å². The van der Waals surface area contributed by atoms with Gasteiger partial charge in [-0.1, -0.05) is 140 Å². The van der Waals surface area contributed by atoms with E-state index in [0.717, 1.165) is 39.4 Å². The lowest BCUT2D eigenvalue weighted by molar-refractivity contribution is 1.18. The van der Waals surface area contributed by atoms with E-state index in [1.807, 2.05) is 36.4 Å². The minimum absolute atomic E-state index is 0.735. The Bertz CT molecular complexity index is 2090. The Hall–Kier alpha value is -5.73. The summed E-state index contributed by atoms with van der Waals surface area (Å²) in [5, 5.41) is 2.53. The Morgan fingerprint density at radius 1 is 0.523 bits per heavy atom. The van der Waals surface area contributed by atoms with Crippen LogP contribution in [0.4, 0.5) is 0 Å². The maximum atomic E-state index is 5.05. The minimum atomic E-state index is 0.735. The average Bonchev–Trinajstić information content (AvgIpc) is 3.43.